The van der Waals surface area contributed by atoms with Crippen molar-refractivity contribution in [3.63, 3.8) is 0 Å². The van der Waals surface area contributed by atoms with Gasteiger partial charge in [-0.3, -0.25) is 14.3 Å². The number of hydrogen-bond acceptors (Lipinski definition) is 5. The minimum atomic E-state index is -0.619. The van der Waals surface area contributed by atoms with Gasteiger partial charge in [0, 0.05) is 13.1 Å². The second-order valence-corrected chi connectivity index (χ2v) is 6.03. The van der Waals surface area contributed by atoms with E-state index < -0.39 is 17.2 Å². The van der Waals surface area contributed by atoms with Crippen LogP contribution < -0.4 is 20.2 Å². The van der Waals surface area contributed by atoms with Crippen LogP contribution in [-0.2, 0) is 13.1 Å². The number of hydrogen-bond donors (Lipinski definition) is 1. The highest BCUT2D eigenvalue weighted by Crippen LogP contribution is 2.32. The number of nitrogens with one attached hydrogen (secondary N) is 1. The summed E-state index contributed by atoms with van der Waals surface area (Å²) in [5, 5.41) is 6.94. The largest absolute Gasteiger partial charge is 0.454 e. The molecular weight excluding hydrogens is 353 g/mol. The molecule has 0 bridgehead atoms. The first-order valence-corrected chi connectivity index (χ1v) is 8.44. The first-order chi connectivity index (χ1) is 13.1. The van der Waals surface area contributed by atoms with Crippen molar-refractivity contribution in [2.75, 3.05) is 6.79 Å². The first kappa shape index (κ1) is 17.0. The summed E-state index contributed by atoms with van der Waals surface area (Å²) in [6.07, 6.45) is 0. The molecule has 7 nitrogen and oxygen atoms in total. The molecule has 0 aliphatic carbocycles. The van der Waals surface area contributed by atoms with Crippen molar-refractivity contribution < 1.29 is 18.7 Å². The van der Waals surface area contributed by atoms with E-state index in [9.17, 15) is 14.0 Å². The van der Waals surface area contributed by atoms with Crippen LogP contribution in [0, 0.1) is 5.82 Å². The lowest BCUT2D eigenvalue weighted by Gasteiger charge is -2.11. The lowest BCUT2D eigenvalue weighted by atomic mass is 10.1. The molecule has 0 radical (unpaired) electrons. The fraction of sp³-hybridized carbons (Fsp3) is 0.211. The Hall–Kier alpha value is -3.42. The Balaban J connectivity index is 1.62. The van der Waals surface area contributed by atoms with Crippen LogP contribution in [0.1, 0.15) is 23.0 Å². The molecule has 1 aliphatic rings. The zero-order valence-electron chi connectivity index (χ0n) is 14.5. The van der Waals surface area contributed by atoms with E-state index in [1.165, 1.54) is 16.8 Å². The smallest absolute Gasteiger partial charge is 0.276 e. The van der Waals surface area contributed by atoms with Gasteiger partial charge in [0.2, 0.25) is 12.2 Å². The second kappa shape index (κ2) is 6.71. The van der Waals surface area contributed by atoms with Crippen LogP contribution in [0.15, 0.2) is 41.2 Å². The molecule has 0 spiro atoms. The number of nitrogens with zero attached hydrogens (tertiary/aromatic N) is 2. The summed E-state index contributed by atoms with van der Waals surface area (Å²) in [7, 11) is 0. The number of fused-ring (bicyclic) bond motifs is 2. The van der Waals surface area contributed by atoms with E-state index in [2.05, 4.69) is 10.4 Å². The van der Waals surface area contributed by atoms with Crippen molar-refractivity contribution in [1.82, 2.24) is 15.1 Å². The standard InChI is InChI=1S/C19H16FN3O4/c1-2-23-14-5-4-12(20)8-13(14)18(24)17(22-23)19(25)21-9-11-3-6-15-16(7-11)27-10-26-15/h3-8H,2,9-10H2,1H3,(H,21,25). The Morgan fingerprint density at radius 2 is 2.04 bits per heavy atom. The Labute approximate surface area is 153 Å². The summed E-state index contributed by atoms with van der Waals surface area (Å²) in [5.74, 6) is 0.0923. The quantitative estimate of drug-likeness (QED) is 0.763. The number of ether oxygens (including phenoxy) is 2. The Morgan fingerprint density at radius 1 is 1.22 bits per heavy atom. The number of carbonyl (C=O) groups excluding carboxylic acids is 1. The van der Waals surface area contributed by atoms with Gasteiger partial charge in [-0.25, -0.2) is 4.39 Å². The van der Waals surface area contributed by atoms with E-state index >= 15 is 0 Å². The lowest BCUT2D eigenvalue weighted by Crippen LogP contribution is -2.31. The van der Waals surface area contributed by atoms with Crippen molar-refractivity contribution in [2.24, 2.45) is 0 Å². The molecule has 0 fully saturated rings. The highest BCUT2D eigenvalue weighted by atomic mass is 19.1. The maximum absolute atomic E-state index is 13.6. The number of benzene rings is 2. The van der Waals surface area contributed by atoms with Gasteiger partial charge in [-0.15, -0.1) is 0 Å². The minimum absolute atomic E-state index is 0.125. The molecule has 1 amide bonds. The van der Waals surface area contributed by atoms with Gasteiger partial charge in [0.1, 0.15) is 5.82 Å². The molecule has 0 saturated heterocycles. The van der Waals surface area contributed by atoms with Crippen LogP contribution in [0.3, 0.4) is 0 Å². The predicted molar refractivity (Wildman–Crippen MR) is 95.4 cm³/mol. The van der Waals surface area contributed by atoms with Crippen molar-refractivity contribution in [2.45, 2.75) is 20.0 Å². The van der Waals surface area contributed by atoms with Gasteiger partial charge in [0.25, 0.3) is 5.91 Å². The van der Waals surface area contributed by atoms with Gasteiger partial charge in [0.15, 0.2) is 17.2 Å². The van der Waals surface area contributed by atoms with Gasteiger partial charge in [-0.2, -0.15) is 5.10 Å². The summed E-state index contributed by atoms with van der Waals surface area (Å²) in [5.41, 5.74) is 0.402. The summed E-state index contributed by atoms with van der Waals surface area (Å²) >= 11 is 0. The molecule has 8 heteroatoms. The molecule has 0 unspecified atom stereocenters. The monoisotopic (exact) mass is 369 g/mol. The van der Waals surface area contributed by atoms with Gasteiger partial charge in [0.05, 0.1) is 10.9 Å². The van der Waals surface area contributed by atoms with Crippen LogP contribution in [0.2, 0.25) is 0 Å². The van der Waals surface area contributed by atoms with E-state index in [1.807, 2.05) is 6.92 Å². The maximum atomic E-state index is 13.6. The number of amides is 1. The molecule has 1 aromatic heterocycles. The maximum Gasteiger partial charge on any atom is 0.276 e. The molecule has 4 rings (SSSR count). The van der Waals surface area contributed by atoms with Crippen molar-refractivity contribution >= 4 is 16.8 Å². The average molecular weight is 369 g/mol. The molecular formula is C19H16FN3O4. The molecule has 0 atom stereocenters. The van der Waals surface area contributed by atoms with Crippen LogP contribution in [0.5, 0.6) is 11.5 Å². The summed E-state index contributed by atoms with van der Waals surface area (Å²) < 4.78 is 25.6. The SMILES string of the molecule is CCn1nc(C(=O)NCc2ccc3c(c2)OCO3)c(=O)c2cc(F)ccc21. The molecule has 138 valence electrons. The first-order valence-electron chi connectivity index (χ1n) is 8.44. The molecule has 0 saturated carbocycles. The van der Waals surface area contributed by atoms with Gasteiger partial charge in [-0.1, -0.05) is 6.07 Å². The van der Waals surface area contributed by atoms with Crippen molar-refractivity contribution in [3.8, 4) is 11.5 Å². The Morgan fingerprint density at radius 3 is 2.85 bits per heavy atom. The second-order valence-electron chi connectivity index (χ2n) is 6.03. The van der Waals surface area contributed by atoms with Crippen LogP contribution in [-0.4, -0.2) is 22.5 Å². The van der Waals surface area contributed by atoms with E-state index in [-0.39, 0.29) is 24.4 Å². The Bertz CT molecular complexity index is 1110. The number of carbonyl (C=O) groups is 1. The number of aryl methyl sites for hydroxylation is 1. The third-order valence-electron chi connectivity index (χ3n) is 4.32. The topological polar surface area (TPSA) is 82.5 Å². The van der Waals surface area contributed by atoms with Gasteiger partial charge in [-0.05, 0) is 42.8 Å². The Kier molecular flexibility index (Phi) is 4.23. The van der Waals surface area contributed by atoms with E-state index in [1.54, 1.807) is 18.2 Å². The van der Waals surface area contributed by atoms with Gasteiger partial charge >= 0.3 is 0 Å². The molecule has 2 aromatic carbocycles. The summed E-state index contributed by atoms with van der Waals surface area (Å²) in [4.78, 5) is 25.1. The van der Waals surface area contributed by atoms with E-state index in [4.69, 9.17) is 9.47 Å². The van der Waals surface area contributed by atoms with Crippen LogP contribution >= 0.6 is 0 Å². The molecule has 1 N–H and O–H groups in total. The summed E-state index contributed by atoms with van der Waals surface area (Å²) in [6.45, 7) is 2.61. The van der Waals surface area contributed by atoms with Crippen LogP contribution in [0.25, 0.3) is 10.9 Å². The average Bonchev–Trinajstić information content (AvgIpc) is 3.14. The van der Waals surface area contributed by atoms with Crippen molar-refractivity contribution in [3.05, 3.63) is 63.7 Å². The molecule has 2 heterocycles. The molecule has 1 aliphatic heterocycles. The summed E-state index contributed by atoms with van der Waals surface area (Å²) in [6, 6.07) is 9.17. The van der Waals surface area contributed by atoms with Gasteiger partial charge < -0.3 is 14.8 Å². The molecule has 27 heavy (non-hydrogen) atoms. The van der Waals surface area contributed by atoms with E-state index in [0.29, 0.717) is 23.6 Å². The third kappa shape index (κ3) is 3.10. The van der Waals surface area contributed by atoms with Crippen LogP contribution in [0.4, 0.5) is 4.39 Å². The zero-order valence-corrected chi connectivity index (χ0v) is 14.5. The number of aromatic nitrogens is 2. The fourth-order valence-corrected chi connectivity index (χ4v) is 2.97. The zero-order chi connectivity index (χ0) is 19.0. The minimum Gasteiger partial charge on any atom is -0.454 e. The van der Waals surface area contributed by atoms with Crippen molar-refractivity contribution in [1.29, 1.82) is 0 Å². The predicted octanol–water partition coefficient (Wildman–Crippen LogP) is 2.21. The molecule has 3 aromatic rings. The normalized spacial score (nSPS) is 12.4. The fourth-order valence-electron chi connectivity index (χ4n) is 2.97. The highest BCUT2D eigenvalue weighted by molar-refractivity contribution is 5.95. The van der Waals surface area contributed by atoms with E-state index in [0.717, 1.165) is 11.6 Å². The number of halogens is 1. The highest BCUT2D eigenvalue weighted by Gasteiger charge is 2.18. The third-order valence-corrected chi connectivity index (χ3v) is 4.32. The lowest BCUT2D eigenvalue weighted by molar-refractivity contribution is 0.0942. The number of rotatable bonds is 4.